The molecule has 1 aliphatic rings. The van der Waals surface area contributed by atoms with Gasteiger partial charge in [-0.15, -0.1) is 0 Å². The molecule has 1 aromatic carbocycles. The van der Waals surface area contributed by atoms with Gasteiger partial charge in [-0.2, -0.15) is 0 Å². The van der Waals surface area contributed by atoms with Crippen LogP contribution in [-0.4, -0.2) is 19.8 Å². The van der Waals surface area contributed by atoms with E-state index in [4.69, 9.17) is 9.47 Å². The molecule has 3 heteroatoms. The molecule has 1 fully saturated rings. The Morgan fingerprint density at radius 1 is 1.05 bits per heavy atom. The van der Waals surface area contributed by atoms with Crippen LogP contribution in [0.3, 0.4) is 0 Å². The summed E-state index contributed by atoms with van der Waals surface area (Å²) in [6, 6.07) is 6.72. The highest BCUT2D eigenvalue weighted by Crippen LogP contribution is 2.31. The number of methoxy groups -OCH3 is 1. The fourth-order valence-electron chi connectivity index (χ4n) is 2.87. The third-order valence-corrected chi connectivity index (χ3v) is 3.94. The van der Waals surface area contributed by atoms with Crippen molar-refractivity contribution in [1.82, 2.24) is 0 Å². The van der Waals surface area contributed by atoms with E-state index in [0.717, 1.165) is 17.2 Å². The Labute approximate surface area is 122 Å². The zero-order valence-corrected chi connectivity index (χ0v) is 12.8. The second-order valence-corrected chi connectivity index (χ2v) is 5.49. The van der Waals surface area contributed by atoms with E-state index in [1.165, 1.54) is 44.9 Å². The van der Waals surface area contributed by atoms with E-state index in [2.05, 4.69) is 17.4 Å². The molecule has 0 aromatic heterocycles. The standard InChI is InChI=1S/C17H27NO2/c1-3-20-17-13-15(11-12-16(17)19-2)18-14-9-7-5-4-6-8-10-14/h11-14,18H,3-10H2,1-2H3. The van der Waals surface area contributed by atoms with Crippen molar-refractivity contribution in [2.45, 2.75) is 57.9 Å². The Balaban J connectivity index is 2.01. The maximum atomic E-state index is 5.64. The summed E-state index contributed by atoms with van der Waals surface area (Å²) >= 11 is 0. The molecule has 0 saturated heterocycles. The van der Waals surface area contributed by atoms with Crippen LogP contribution in [0, 0.1) is 0 Å². The van der Waals surface area contributed by atoms with E-state index in [9.17, 15) is 0 Å². The van der Waals surface area contributed by atoms with Crippen LogP contribution >= 0.6 is 0 Å². The predicted octanol–water partition coefficient (Wildman–Crippen LogP) is 4.62. The Morgan fingerprint density at radius 2 is 1.75 bits per heavy atom. The first-order valence-electron chi connectivity index (χ1n) is 7.91. The first kappa shape index (κ1) is 15.0. The van der Waals surface area contributed by atoms with Gasteiger partial charge >= 0.3 is 0 Å². The molecule has 1 aromatic rings. The quantitative estimate of drug-likeness (QED) is 0.852. The van der Waals surface area contributed by atoms with Crippen molar-refractivity contribution in [2.24, 2.45) is 0 Å². The van der Waals surface area contributed by atoms with Crippen LogP contribution in [0.5, 0.6) is 11.5 Å². The minimum Gasteiger partial charge on any atom is -0.493 e. The van der Waals surface area contributed by atoms with Crippen molar-refractivity contribution in [2.75, 3.05) is 19.0 Å². The molecule has 0 spiro atoms. The lowest BCUT2D eigenvalue weighted by molar-refractivity contribution is 0.311. The molecule has 1 saturated carbocycles. The minimum absolute atomic E-state index is 0.596. The molecular formula is C17H27NO2. The summed E-state index contributed by atoms with van der Waals surface area (Å²) in [6.07, 6.45) is 9.39. The van der Waals surface area contributed by atoms with Gasteiger partial charge in [0, 0.05) is 17.8 Å². The summed E-state index contributed by atoms with van der Waals surface area (Å²) in [4.78, 5) is 0. The smallest absolute Gasteiger partial charge is 0.163 e. The summed E-state index contributed by atoms with van der Waals surface area (Å²) in [6.45, 7) is 2.65. The largest absolute Gasteiger partial charge is 0.493 e. The summed E-state index contributed by atoms with van der Waals surface area (Å²) < 4.78 is 11.0. The van der Waals surface area contributed by atoms with Gasteiger partial charge in [-0.1, -0.05) is 32.1 Å². The molecule has 3 nitrogen and oxygen atoms in total. The molecule has 2 rings (SSSR count). The van der Waals surface area contributed by atoms with Crippen molar-refractivity contribution in [3.63, 3.8) is 0 Å². The van der Waals surface area contributed by atoms with Gasteiger partial charge < -0.3 is 14.8 Å². The van der Waals surface area contributed by atoms with Gasteiger partial charge in [0.25, 0.3) is 0 Å². The third kappa shape index (κ3) is 4.32. The van der Waals surface area contributed by atoms with Crippen LogP contribution in [0.1, 0.15) is 51.9 Å². The molecule has 0 amide bonds. The van der Waals surface area contributed by atoms with Crippen LogP contribution in [-0.2, 0) is 0 Å². The second kappa shape index (κ2) is 8.03. The Kier molecular flexibility index (Phi) is 6.03. The van der Waals surface area contributed by atoms with Crippen molar-refractivity contribution >= 4 is 5.69 Å². The molecule has 0 aliphatic heterocycles. The van der Waals surface area contributed by atoms with Gasteiger partial charge in [0.2, 0.25) is 0 Å². The SMILES string of the molecule is CCOc1cc(NC2CCCCCCC2)ccc1OC. The van der Waals surface area contributed by atoms with Gasteiger partial charge in [0.1, 0.15) is 0 Å². The van der Waals surface area contributed by atoms with Gasteiger partial charge in [0.15, 0.2) is 11.5 Å². The Bertz CT molecular complexity index is 398. The number of ether oxygens (including phenoxy) is 2. The molecular weight excluding hydrogens is 250 g/mol. The highest BCUT2D eigenvalue weighted by Gasteiger charge is 2.12. The van der Waals surface area contributed by atoms with Gasteiger partial charge in [0.05, 0.1) is 13.7 Å². The number of benzene rings is 1. The molecule has 0 atom stereocenters. The topological polar surface area (TPSA) is 30.5 Å². The number of anilines is 1. The van der Waals surface area contributed by atoms with Gasteiger partial charge in [-0.25, -0.2) is 0 Å². The lowest BCUT2D eigenvalue weighted by Gasteiger charge is -2.22. The van der Waals surface area contributed by atoms with E-state index < -0.39 is 0 Å². The summed E-state index contributed by atoms with van der Waals surface area (Å²) in [7, 11) is 1.68. The van der Waals surface area contributed by atoms with Crippen LogP contribution in [0.15, 0.2) is 18.2 Å². The molecule has 0 unspecified atom stereocenters. The number of hydrogen-bond donors (Lipinski definition) is 1. The van der Waals surface area contributed by atoms with Gasteiger partial charge in [-0.05, 0) is 31.9 Å². The maximum absolute atomic E-state index is 5.64. The van der Waals surface area contributed by atoms with Crippen LogP contribution in [0.2, 0.25) is 0 Å². The monoisotopic (exact) mass is 277 g/mol. The van der Waals surface area contributed by atoms with Crippen molar-refractivity contribution in [1.29, 1.82) is 0 Å². The normalized spacial score (nSPS) is 17.1. The van der Waals surface area contributed by atoms with E-state index in [0.29, 0.717) is 12.6 Å². The number of rotatable bonds is 5. The van der Waals surface area contributed by atoms with Crippen LogP contribution in [0.4, 0.5) is 5.69 Å². The van der Waals surface area contributed by atoms with Crippen LogP contribution < -0.4 is 14.8 Å². The molecule has 20 heavy (non-hydrogen) atoms. The highest BCUT2D eigenvalue weighted by molar-refractivity contribution is 5.55. The third-order valence-electron chi connectivity index (χ3n) is 3.94. The van der Waals surface area contributed by atoms with Gasteiger partial charge in [-0.3, -0.25) is 0 Å². The minimum atomic E-state index is 0.596. The molecule has 1 N–H and O–H groups in total. The molecule has 0 heterocycles. The average molecular weight is 277 g/mol. The fourth-order valence-corrected chi connectivity index (χ4v) is 2.87. The number of nitrogens with one attached hydrogen (secondary N) is 1. The summed E-state index contributed by atoms with van der Waals surface area (Å²) in [5.41, 5.74) is 1.14. The van der Waals surface area contributed by atoms with Crippen LogP contribution in [0.25, 0.3) is 0 Å². The van der Waals surface area contributed by atoms with E-state index in [-0.39, 0.29) is 0 Å². The maximum Gasteiger partial charge on any atom is 0.163 e. The molecule has 112 valence electrons. The second-order valence-electron chi connectivity index (χ2n) is 5.49. The van der Waals surface area contributed by atoms with Crippen molar-refractivity contribution in [3.8, 4) is 11.5 Å². The Morgan fingerprint density at radius 3 is 2.40 bits per heavy atom. The molecule has 0 radical (unpaired) electrons. The van der Waals surface area contributed by atoms with E-state index >= 15 is 0 Å². The van der Waals surface area contributed by atoms with E-state index in [1.54, 1.807) is 7.11 Å². The molecule has 0 bridgehead atoms. The summed E-state index contributed by atoms with van der Waals surface area (Å²) in [5.74, 6) is 1.63. The van der Waals surface area contributed by atoms with E-state index in [1.807, 2.05) is 13.0 Å². The number of hydrogen-bond acceptors (Lipinski definition) is 3. The lowest BCUT2D eigenvalue weighted by Crippen LogP contribution is -2.20. The average Bonchev–Trinajstić information content (AvgIpc) is 2.42. The zero-order valence-electron chi connectivity index (χ0n) is 12.8. The first-order valence-corrected chi connectivity index (χ1v) is 7.91. The fraction of sp³-hybridized carbons (Fsp3) is 0.647. The van der Waals surface area contributed by atoms with Crippen molar-refractivity contribution < 1.29 is 9.47 Å². The van der Waals surface area contributed by atoms with Crippen molar-refractivity contribution in [3.05, 3.63) is 18.2 Å². The summed E-state index contributed by atoms with van der Waals surface area (Å²) in [5, 5.41) is 3.66. The lowest BCUT2D eigenvalue weighted by atomic mass is 9.96. The molecule has 1 aliphatic carbocycles. The Hall–Kier alpha value is -1.38. The zero-order chi connectivity index (χ0) is 14.2. The predicted molar refractivity (Wildman–Crippen MR) is 83.9 cm³/mol. The first-order chi connectivity index (χ1) is 9.83. The highest BCUT2D eigenvalue weighted by atomic mass is 16.5.